The molecule has 2 N–H and O–H groups in total. The summed E-state index contributed by atoms with van der Waals surface area (Å²) in [7, 11) is 1.70. The average molecular weight is 297 g/mol. The van der Waals surface area contributed by atoms with Crippen molar-refractivity contribution >= 4 is 5.91 Å². The van der Waals surface area contributed by atoms with E-state index in [1.54, 1.807) is 24.1 Å². The third-order valence-electron chi connectivity index (χ3n) is 3.42. The van der Waals surface area contributed by atoms with E-state index in [1.807, 2.05) is 24.3 Å². The Morgan fingerprint density at radius 1 is 1.32 bits per heavy atom. The van der Waals surface area contributed by atoms with Crippen LogP contribution in [0.3, 0.4) is 0 Å². The van der Waals surface area contributed by atoms with Crippen LogP contribution in [0.5, 0.6) is 0 Å². The van der Waals surface area contributed by atoms with Crippen LogP contribution < -0.4 is 5.73 Å². The van der Waals surface area contributed by atoms with Crippen molar-refractivity contribution < 1.29 is 9.18 Å². The Morgan fingerprint density at radius 2 is 2.00 bits per heavy atom. The van der Waals surface area contributed by atoms with E-state index in [9.17, 15) is 9.18 Å². The summed E-state index contributed by atoms with van der Waals surface area (Å²) in [5.74, 6) is -0.923. The zero-order chi connectivity index (χ0) is 16.1. The number of amides is 1. The third kappa shape index (κ3) is 3.48. The molecule has 4 nitrogen and oxygen atoms in total. The van der Waals surface area contributed by atoms with Gasteiger partial charge in [-0.25, -0.2) is 4.39 Å². The maximum atomic E-state index is 13.9. The summed E-state index contributed by atoms with van der Waals surface area (Å²) in [6.45, 7) is 0.170. The molecule has 0 spiro atoms. The quantitative estimate of drug-likeness (QED) is 0.921. The fourth-order valence-corrected chi connectivity index (χ4v) is 2.40. The van der Waals surface area contributed by atoms with Gasteiger partial charge in [0.1, 0.15) is 11.9 Å². The standard InChI is InChI=1S/C17H16FN3O/c1-21(11-14-9-12(10-19)7-8-15(14)18)16(17(20)22)13-5-3-2-4-6-13/h2-9,16H,11H2,1H3,(H2,20,22). The van der Waals surface area contributed by atoms with Crippen molar-refractivity contribution in [2.45, 2.75) is 12.6 Å². The highest BCUT2D eigenvalue weighted by atomic mass is 19.1. The lowest BCUT2D eigenvalue weighted by Gasteiger charge is -2.26. The van der Waals surface area contributed by atoms with E-state index in [1.165, 1.54) is 18.2 Å². The summed E-state index contributed by atoms with van der Waals surface area (Å²) in [6, 6.07) is 14.5. The minimum atomic E-state index is -0.661. The molecule has 0 bridgehead atoms. The van der Waals surface area contributed by atoms with Gasteiger partial charge in [-0.2, -0.15) is 5.26 Å². The molecule has 0 saturated heterocycles. The molecule has 0 saturated carbocycles. The maximum Gasteiger partial charge on any atom is 0.239 e. The van der Waals surface area contributed by atoms with Gasteiger partial charge in [-0.05, 0) is 30.8 Å². The zero-order valence-corrected chi connectivity index (χ0v) is 12.2. The van der Waals surface area contributed by atoms with E-state index in [4.69, 9.17) is 11.0 Å². The molecule has 0 aliphatic heterocycles. The number of benzene rings is 2. The first-order chi connectivity index (χ1) is 10.5. The SMILES string of the molecule is CN(Cc1cc(C#N)ccc1F)C(C(N)=O)c1ccccc1. The van der Waals surface area contributed by atoms with Crippen molar-refractivity contribution in [2.75, 3.05) is 7.05 Å². The number of nitriles is 1. The highest BCUT2D eigenvalue weighted by molar-refractivity contribution is 5.81. The Hall–Kier alpha value is -2.71. The highest BCUT2D eigenvalue weighted by Crippen LogP contribution is 2.22. The Labute approximate surface area is 128 Å². The van der Waals surface area contributed by atoms with Crippen LogP contribution in [0.2, 0.25) is 0 Å². The molecule has 0 radical (unpaired) electrons. The van der Waals surface area contributed by atoms with E-state index in [0.29, 0.717) is 11.1 Å². The molecule has 0 aliphatic rings. The van der Waals surface area contributed by atoms with E-state index >= 15 is 0 Å². The van der Waals surface area contributed by atoms with Crippen molar-refractivity contribution in [1.29, 1.82) is 5.26 Å². The van der Waals surface area contributed by atoms with Crippen LogP contribution in [0.15, 0.2) is 48.5 Å². The second-order valence-corrected chi connectivity index (χ2v) is 5.05. The number of likely N-dealkylation sites (N-methyl/N-ethyl adjacent to an activating group) is 1. The minimum Gasteiger partial charge on any atom is -0.368 e. The molecular weight excluding hydrogens is 281 g/mol. The number of carbonyl (C=O) groups is 1. The predicted molar refractivity (Wildman–Crippen MR) is 81.0 cm³/mol. The molecule has 2 rings (SSSR count). The second kappa shape index (κ2) is 6.83. The van der Waals surface area contributed by atoms with Crippen LogP contribution in [0.25, 0.3) is 0 Å². The Morgan fingerprint density at radius 3 is 2.59 bits per heavy atom. The minimum absolute atomic E-state index is 0.170. The van der Waals surface area contributed by atoms with Crippen molar-refractivity contribution in [3.05, 3.63) is 71.0 Å². The van der Waals surface area contributed by atoms with Gasteiger partial charge in [0.15, 0.2) is 0 Å². The molecule has 1 unspecified atom stereocenters. The molecular formula is C17H16FN3O. The number of nitrogens with two attached hydrogens (primary N) is 1. The van der Waals surface area contributed by atoms with Gasteiger partial charge in [-0.1, -0.05) is 30.3 Å². The van der Waals surface area contributed by atoms with Gasteiger partial charge in [0.2, 0.25) is 5.91 Å². The van der Waals surface area contributed by atoms with Crippen molar-refractivity contribution in [2.24, 2.45) is 5.73 Å². The Balaban J connectivity index is 2.28. The first-order valence-electron chi connectivity index (χ1n) is 6.76. The molecule has 1 amide bonds. The van der Waals surface area contributed by atoms with E-state index < -0.39 is 17.8 Å². The first-order valence-corrected chi connectivity index (χ1v) is 6.76. The maximum absolute atomic E-state index is 13.9. The number of halogens is 1. The number of nitrogens with zero attached hydrogens (tertiary/aromatic N) is 2. The highest BCUT2D eigenvalue weighted by Gasteiger charge is 2.23. The number of carbonyl (C=O) groups excluding carboxylic acids is 1. The molecule has 0 aliphatic carbocycles. The van der Waals surface area contributed by atoms with Gasteiger partial charge in [0.05, 0.1) is 11.6 Å². The number of hydrogen-bond donors (Lipinski definition) is 1. The summed E-state index contributed by atoms with van der Waals surface area (Å²) < 4.78 is 13.9. The smallest absolute Gasteiger partial charge is 0.239 e. The molecule has 112 valence electrons. The molecule has 2 aromatic rings. The fraction of sp³-hybridized carbons (Fsp3) is 0.176. The normalized spacial score (nSPS) is 11.9. The molecule has 5 heteroatoms. The summed E-state index contributed by atoms with van der Waals surface area (Å²) in [4.78, 5) is 13.4. The Bertz CT molecular complexity index is 710. The second-order valence-electron chi connectivity index (χ2n) is 5.05. The number of hydrogen-bond acceptors (Lipinski definition) is 3. The number of rotatable bonds is 5. The zero-order valence-electron chi connectivity index (χ0n) is 12.2. The Kier molecular flexibility index (Phi) is 4.87. The third-order valence-corrected chi connectivity index (χ3v) is 3.42. The molecule has 2 aromatic carbocycles. The van der Waals surface area contributed by atoms with Crippen LogP contribution in [-0.2, 0) is 11.3 Å². The van der Waals surface area contributed by atoms with E-state index in [2.05, 4.69) is 0 Å². The lowest BCUT2D eigenvalue weighted by Crippen LogP contribution is -2.35. The molecule has 0 heterocycles. The molecule has 1 atom stereocenters. The van der Waals surface area contributed by atoms with Gasteiger partial charge in [-0.15, -0.1) is 0 Å². The van der Waals surface area contributed by atoms with Gasteiger partial charge < -0.3 is 5.73 Å². The lowest BCUT2D eigenvalue weighted by atomic mass is 10.0. The molecule has 0 aromatic heterocycles. The largest absolute Gasteiger partial charge is 0.368 e. The summed E-state index contributed by atoms with van der Waals surface area (Å²) in [5.41, 5.74) is 6.96. The van der Waals surface area contributed by atoms with E-state index in [-0.39, 0.29) is 6.54 Å². The van der Waals surface area contributed by atoms with Gasteiger partial charge in [0.25, 0.3) is 0 Å². The predicted octanol–water partition coefficient (Wildman–Crippen LogP) is 2.36. The van der Waals surface area contributed by atoms with Crippen LogP contribution >= 0.6 is 0 Å². The van der Waals surface area contributed by atoms with Crippen LogP contribution in [0.4, 0.5) is 4.39 Å². The molecule has 22 heavy (non-hydrogen) atoms. The monoisotopic (exact) mass is 297 g/mol. The number of primary amides is 1. The summed E-state index contributed by atoms with van der Waals surface area (Å²) in [6.07, 6.45) is 0. The van der Waals surface area contributed by atoms with Crippen LogP contribution in [0.1, 0.15) is 22.7 Å². The van der Waals surface area contributed by atoms with Crippen molar-refractivity contribution in [3.63, 3.8) is 0 Å². The average Bonchev–Trinajstić information content (AvgIpc) is 2.50. The fourth-order valence-electron chi connectivity index (χ4n) is 2.40. The topological polar surface area (TPSA) is 70.1 Å². The molecule has 0 fully saturated rings. The lowest BCUT2D eigenvalue weighted by molar-refractivity contribution is -0.123. The van der Waals surface area contributed by atoms with E-state index in [0.717, 1.165) is 5.56 Å². The van der Waals surface area contributed by atoms with Crippen molar-refractivity contribution in [3.8, 4) is 6.07 Å². The van der Waals surface area contributed by atoms with Gasteiger partial charge in [-0.3, -0.25) is 9.69 Å². The first kappa shape index (κ1) is 15.7. The summed E-state index contributed by atoms with van der Waals surface area (Å²) >= 11 is 0. The summed E-state index contributed by atoms with van der Waals surface area (Å²) in [5, 5.41) is 8.90. The van der Waals surface area contributed by atoms with Crippen LogP contribution in [-0.4, -0.2) is 17.9 Å². The van der Waals surface area contributed by atoms with Gasteiger partial charge in [0, 0.05) is 12.1 Å². The van der Waals surface area contributed by atoms with Crippen LogP contribution in [0, 0.1) is 17.1 Å². The van der Waals surface area contributed by atoms with Gasteiger partial charge >= 0.3 is 0 Å². The van der Waals surface area contributed by atoms with Crippen molar-refractivity contribution in [1.82, 2.24) is 4.90 Å².